The van der Waals surface area contributed by atoms with Crippen molar-refractivity contribution in [2.75, 3.05) is 0 Å². The Kier molecular flexibility index (Phi) is 2.86. The van der Waals surface area contributed by atoms with Gasteiger partial charge in [0.05, 0.1) is 0 Å². The van der Waals surface area contributed by atoms with Crippen molar-refractivity contribution in [1.29, 1.82) is 0 Å². The van der Waals surface area contributed by atoms with Crippen LogP contribution in [0.25, 0.3) is 17.0 Å². The maximum absolute atomic E-state index is 13.3. The van der Waals surface area contributed by atoms with Crippen LogP contribution in [0.3, 0.4) is 0 Å². The molecule has 0 fully saturated rings. The Balaban J connectivity index is 2.30. The van der Waals surface area contributed by atoms with Crippen LogP contribution in [-0.2, 0) is 0 Å². The monoisotopic (exact) mass is 298 g/mol. The van der Waals surface area contributed by atoms with E-state index in [1.54, 1.807) is 6.92 Å². The Labute approximate surface area is 115 Å². The molecule has 0 unspecified atom stereocenters. The average Bonchev–Trinajstić information content (AvgIpc) is 2.79. The van der Waals surface area contributed by atoms with Gasteiger partial charge in [-0.25, -0.2) is 18.2 Å². The molecule has 0 saturated heterocycles. The molecule has 0 radical (unpaired) electrons. The summed E-state index contributed by atoms with van der Waals surface area (Å²) < 4.78 is 41.0. The normalized spacial score (nSPS) is 11.2. The third kappa shape index (κ3) is 1.90. The second kappa shape index (κ2) is 4.45. The van der Waals surface area contributed by atoms with Crippen molar-refractivity contribution in [2.24, 2.45) is 0 Å². The number of hydrogen-bond donors (Lipinski definition) is 0. The molecule has 0 aliphatic rings. The second-order valence-electron chi connectivity index (χ2n) is 4.10. The highest BCUT2D eigenvalue weighted by molar-refractivity contribution is 6.29. The lowest BCUT2D eigenvalue weighted by molar-refractivity contribution is 0.447. The molecule has 2 heterocycles. The standard InChI is InChI=1S/C12H6ClF3N4/c1-5-17-9(13)4-10-18-19-12(20(5)10)6-2-7(14)11(16)8(15)3-6/h2-4H,1H3. The number of rotatable bonds is 1. The van der Waals surface area contributed by atoms with E-state index in [0.717, 1.165) is 12.1 Å². The molecule has 2 aromatic heterocycles. The van der Waals surface area contributed by atoms with Gasteiger partial charge in [-0.2, -0.15) is 0 Å². The molecule has 3 aromatic rings. The van der Waals surface area contributed by atoms with Crippen LogP contribution >= 0.6 is 11.6 Å². The van der Waals surface area contributed by atoms with Crippen molar-refractivity contribution < 1.29 is 13.2 Å². The minimum absolute atomic E-state index is 0.0566. The summed E-state index contributed by atoms with van der Waals surface area (Å²) in [6.45, 7) is 1.64. The molecule has 3 rings (SSSR count). The quantitative estimate of drug-likeness (QED) is 0.512. The van der Waals surface area contributed by atoms with Gasteiger partial charge in [-0.3, -0.25) is 4.40 Å². The molecule has 8 heteroatoms. The van der Waals surface area contributed by atoms with Crippen LogP contribution in [0.15, 0.2) is 18.2 Å². The van der Waals surface area contributed by atoms with E-state index in [0.29, 0.717) is 11.5 Å². The summed E-state index contributed by atoms with van der Waals surface area (Å²) in [5.41, 5.74) is 0.434. The molecular weight excluding hydrogens is 293 g/mol. The molecule has 1 aromatic carbocycles. The third-order valence-electron chi connectivity index (χ3n) is 2.77. The Morgan fingerprint density at radius 3 is 2.35 bits per heavy atom. The highest BCUT2D eigenvalue weighted by Gasteiger charge is 2.17. The summed E-state index contributed by atoms with van der Waals surface area (Å²) in [6.07, 6.45) is 0. The summed E-state index contributed by atoms with van der Waals surface area (Å²) >= 11 is 5.79. The largest absolute Gasteiger partial charge is 0.263 e. The first-order valence-corrected chi connectivity index (χ1v) is 5.88. The van der Waals surface area contributed by atoms with Gasteiger partial charge in [0.2, 0.25) is 0 Å². The number of fused-ring (bicyclic) bond motifs is 1. The van der Waals surface area contributed by atoms with E-state index < -0.39 is 17.5 Å². The minimum Gasteiger partial charge on any atom is -0.263 e. The number of aryl methyl sites for hydroxylation is 1. The van der Waals surface area contributed by atoms with E-state index in [1.807, 2.05) is 0 Å². The maximum Gasteiger partial charge on any atom is 0.194 e. The summed E-state index contributed by atoms with van der Waals surface area (Å²) in [5, 5.41) is 7.91. The first kappa shape index (κ1) is 12.9. The summed E-state index contributed by atoms with van der Waals surface area (Å²) in [6, 6.07) is 3.16. The lowest BCUT2D eigenvalue weighted by Crippen LogP contribution is -1.99. The third-order valence-corrected chi connectivity index (χ3v) is 2.96. The number of nitrogens with zero attached hydrogens (tertiary/aromatic N) is 4. The molecular formula is C12H6ClF3N4. The van der Waals surface area contributed by atoms with Gasteiger partial charge in [-0.15, -0.1) is 10.2 Å². The van der Waals surface area contributed by atoms with Gasteiger partial charge in [0.15, 0.2) is 28.9 Å². The maximum atomic E-state index is 13.3. The van der Waals surface area contributed by atoms with Gasteiger partial charge in [0.1, 0.15) is 11.0 Å². The molecule has 0 amide bonds. The molecule has 4 nitrogen and oxygen atoms in total. The molecule has 0 atom stereocenters. The molecule has 0 spiro atoms. The van der Waals surface area contributed by atoms with Crippen LogP contribution in [0.5, 0.6) is 0 Å². The van der Waals surface area contributed by atoms with E-state index in [2.05, 4.69) is 15.2 Å². The Morgan fingerprint density at radius 1 is 1.05 bits per heavy atom. The molecule has 0 bridgehead atoms. The summed E-state index contributed by atoms with van der Waals surface area (Å²) in [4.78, 5) is 4.01. The van der Waals surface area contributed by atoms with Crippen molar-refractivity contribution in [3.05, 3.63) is 46.6 Å². The van der Waals surface area contributed by atoms with E-state index >= 15 is 0 Å². The average molecular weight is 299 g/mol. The topological polar surface area (TPSA) is 43.1 Å². The van der Waals surface area contributed by atoms with Crippen LogP contribution in [0, 0.1) is 24.4 Å². The van der Waals surface area contributed by atoms with Gasteiger partial charge in [0, 0.05) is 11.6 Å². The van der Waals surface area contributed by atoms with Crippen molar-refractivity contribution in [3.8, 4) is 11.4 Å². The summed E-state index contributed by atoms with van der Waals surface area (Å²) in [5.74, 6) is -3.52. The van der Waals surface area contributed by atoms with Crippen LogP contribution in [0.1, 0.15) is 5.82 Å². The molecule has 0 saturated carbocycles. The van der Waals surface area contributed by atoms with Crippen LogP contribution in [0.4, 0.5) is 13.2 Å². The van der Waals surface area contributed by atoms with Crippen molar-refractivity contribution in [2.45, 2.75) is 6.92 Å². The highest BCUT2D eigenvalue weighted by Crippen LogP contribution is 2.24. The zero-order chi connectivity index (χ0) is 14.4. The van der Waals surface area contributed by atoms with Gasteiger partial charge in [-0.1, -0.05) is 11.6 Å². The molecule has 20 heavy (non-hydrogen) atoms. The Morgan fingerprint density at radius 2 is 1.70 bits per heavy atom. The Hall–Kier alpha value is -2.15. The van der Waals surface area contributed by atoms with E-state index in [1.165, 1.54) is 10.5 Å². The number of halogens is 4. The first-order chi connectivity index (χ1) is 9.47. The van der Waals surface area contributed by atoms with E-state index in [-0.39, 0.29) is 16.5 Å². The van der Waals surface area contributed by atoms with Gasteiger partial charge >= 0.3 is 0 Å². The SMILES string of the molecule is Cc1nc(Cl)cc2nnc(-c3cc(F)c(F)c(F)c3)n12. The minimum atomic E-state index is -1.53. The molecule has 0 aliphatic heterocycles. The van der Waals surface area contributed by atoms with Gasteiger partial charge in [0.25, 0.3) is 0 Å². The first-order valence-electron chi connectivity index (χ1n) is 5.50. The van der Waals surface area contributed by atoms with Crippen molar-refractivity contribution >= 4 is 17.2 Å². The lowest BCUT2D eigenvalue weighted by Gasteiger charge is -2.04. The molecule has 0 aliphatic carbocycles. The Bertz CT molecular complexity index is 808. The van der Waals surface area contributed by atoms with Crippen LogP contribution in [-0.4, -0.2) is 19.6 Å². The van der Waals surface area contributed by atoms with Gasteiger partial charge < -0.3 is 0 Å². The van der Waals surface area contributed by atoms with Crippen LogP contribution in [0.2, 0.25) is 5.15 Å². The zero-order valence-corrected chi connectivity index (χ0v) is 10.8. The van der Waals surface area contributed by atoms with E-state index in [9.17, 15) is 13.2 Å². The fourth-order valence-electron chi connectivity index (χ4n) is 1.92. The van der Waals surface area contributed by atoms with E-state index in [4.69, 9.17) is 11.6 Å². The van der Waals surface area contributed by atoms with Crippen molar-refractivity contribution in [3.63, 3.8) is 0 Å². The highest BCUT2D eigenvalue weighted by atomic mass is 35.5. The number of hydrogen-bond acceptors (Lipinski definition) is 3. The van der Waals surface area contributed by atoms with Crippen LogP contribution < -0.4 is 0 Å². The van der Waals surface area contributed by atoms with Gasteiger partial charge in [-0.05, 0) is 19.1 Å². The fourth-order valence-corrected chi connectivity index (χ4v) is 2.14. The summed E-state index contributed by atoms with van der Waals surface area (Å²) in [7, 11) is 0. The number of aromatic nitrogens is 4. The smallest absolute Gasteiger partial charge is 0.194 e. The number of benzene rings is 1. The molecule has 0 N–H and O–H groups in total. The second-order valence-corrected chi connectivity index (χ2v) is 4.48. The predicted molar refractivity (Wildman–Crippen MR) is 65.8 cm³/mol. The lowest BCUT2D eigenvalue weighted by atomic mass is 10.2. The molecule has 102 valence electrons. The van der Waals surface area contributed by atoms with Crippen molar-refractivity contribution in [1.82, 2.24) is 19.6 Å². The predicted octanol–water partition coefficient (Wildman–Crippen LogP) is 3.17. The fraction of sp³-hybridized carbons (Fsp3) is 0.0833. The zero-order valence-electron chi connectivity index (χ0n) is 10.0.